The lowest BCUT2D eigenvalue weighted by atomic mass is 9.98. The van der Waals surface area contributed by atoms with Gasteiger partial charge in [-0.15, -0.1) is 0 Å². The van der Waals surface area contributed by atoms with Crippen LogP contribution in [0.25, 0.3) is 11.1 Å². The minimum absolute atomic E-state index is 0.0256. The third-order valence-corrected chi connectivity index (χ3v) is 5.75. The number of benzene rings is 2. The molecular weight excluding hydrogens is 439 g/mol. The Morgan fingerprint density at radius 1 is 1.00 bits per heavy atom. The number of carboxylic acids is 1. The standard InChI is InChI=1S/C23H18Cl2N2O4/c24-20-10-9-17(22(25)27-20)19(11-21(28)29)26-23(30)31-12-18-15-7-3-1-5-13(15)14-6-2-4-8-16(14)18/h1-10,18-19H,11-12H2,(H,26,30)(H,28,29)/t19-/m0/s1. The van der Waals surface area contributed by atoms with Gasteiger partial charge in [0.2, 0.25) is 0 Å². The Balaban J connectivity index is 1.50. The van der Waals surface area contributed by atoms with Crippen LogP contribution in [0.3, 0.4) is 0 Å². The first-order valence-electron chi connectivity index (χ1n) is 9.59. The third-order valence-electron chi connectivity index (χ3n) is 5.23. The molecule has 0 aliphatic heterocycles. The molecule has 1 aliphatic rings. The Labute approximate surface area is 188 Å². The van der Waals surface area contributed by atoms with Crippen LogP contribution in [0, 0.1) is 0 Å². The number of rotatable bonds is 6. The number of carbonyl (C=O) groups is 2. The molecule has 158 valence electrons. The molecule has 3 aromatic rings. The lowest BCUT2D eigenvalue weighted by Gasteiger charge is -2.19. The molecule has 8 heteroatoms. The van der Waals surface area contributed by atoms with Gasteiger partial charge in [-0.1, -0.05) is 77.8 Å². The number of alkyl carbamates (subject to hydrolysis) is 1. The number of carboxylic acid groups (broad SMARTS) is 1. The molecule has 0 bridgehead atoms. The second kappa shape index (κ2) is 8.96. The highest BCUT2D eigenvalue weighted by molar-refractivity contribution is 6.32. The predicted molar refractivity (Wildman–Crippen MR) is 117 cm³/mol. The molecule has 1 heterocycles. The van der Waals surface area contributed by atoms with E-state index in [4.69, 9.17) is 27.9 Å². The van der Waals surface area contributed by atoms with Crippen LogP contribution >= 0.6 is 23.2 Å². The predicted octanol–water partition coefficient (Wildman–Crippen LogP) is 5.44. The van der Waals surface area contributed by atoms with Gasteiger partial charge in [0, 0.05) is 11.5 Å². The second-order valence-corrected chi connectivity index (χ2v) is 7.88. The summed E-state index contributed by atoms with van der Waals surface area (Å²) in [4.78, 5) is 27.8. The molecular formula is C23H18Cl2N2O4. The number of nitrogens with zero attached hydrogens (tertiary/aromatic N) is 1. The van der Waals surface area contributed by atoms with E-state index < -0.39 is 18.1 Å². The molecule has 4 rings (SSSR count). The van der Waals surface area contributed by atoms with Crippen molar-refractivity contribution in [1.82, 2.24) is 10.3 Å². The highest BCUT2D eigenvalue weighted by Crippen LogP contribution is 2.44. The number of hydrogen-bond acceptors (Lipinski definition) is 4. The van der Waals surface area contributed by atoms with Gasteiger partial charge in [0.15, 0.2) is 0 Å². The largest absolute Gasteiger partial charge is 0.481 e. The van der Waals surface area contributed by atoms with Gasteiger partial charge in [0.05, 0.1) is 12.5 Å². The highest BCUT2D eigenvalue weighted by Gasteiger charge is 2.29. The molecule has 0 saturated heterocycles. The van der Waals surface area contributed by atoms with Gasteiger partial charge < -0.3 is 15.2 Å². The molecule has 1 atom stereocenters. The highest BCUT2D eigenvalue weighted by atomic mass is 35.5. The van der Waals surface area contributed by atoms with Crippen molar-refractivity contribution >= 4 is 35.3 Å². The fourth-order valence-corrected chi connectivity index (χ4v) is 4.36. The summed E-state index contributed by atoms with van der Waals surface area (Å²) in [6.45, 7) is 0.117. The van der Waals surface area contributed by atoms with Crippen molar-refractivity contribution < 1.29 is 19.4 Å². The van der Waals surface area contributed by atoms with Gasteiger partial charge in [0.25, 0.3) is 0 Å². The molecule has 2 aromatic carbocycles. The summed E-state index contributed by atoms with van der Waals surface area (Å²) in [5, 5.41) is 12.0. The quantitative estimate of drug-likeness (QED) is 0.481. The Hall–Kier alpha value is -3.09. The van der Waals surface area contributed by atoms with Crippen LogP contribution in [0.2, 0.25) is 10.3 Å². The Morgan fingerprint density at radius 3 is 2.19 bits per heavy atom. The zero-order chi connectivity index (χ0) is 22.0. The van der Waals surface area contributed by atoms with E-state index in [-0.39, 0.29) is 29.3 Å². The van der Waals surface area contributed by atoms with Crippen molar-refractivity contribution in [3.8, 4) is 11.1 Å². The minimum Gasteiger partial charge on any atom is -0.481 e. The fourth-order valence-electron chi connectivity index (χ4n) is 3.88. The number of nitrogens with one attached hydrogen (secondary N) is 1. The van der Waals surface area contributed by atoms with Crippen LogP contribution in [-0.4, -0.2) is 28.8 Å². The van der Waals surface area contributed by atoms with E-state index in [0.717, 1.165) is 22.3 Å². The summed E-state index contributed by atoms with van der Waals surface area (Å²) < 4.78 is 5.50. The summed E-state index contributed by atoms with van der Waals surface area (Å²) >= 11 is 11.9. The maximum Gasteiger partial charge on any atom is 0.407 e. The van der Waals surface area contributed by atoms with Crippen molar-refractivity contribution in [2.24, 2.45) is 0 Å². The summed E-state index contributed by atoms with van der Waals surface area (Å²) in [5.41, 5.74) is 4.76. The molecule has 0 saturated carbocycles. The Kier molecular flexibility index (Phi) is 6.11. The van der Waals surface area contributed by atoms with Crippen LogP contribution in [0.5, 0.6) is 0 Å². The van der Waals surface area contributed by atoms with Crippen LogP contribution in [0.1, 0.15) is 35.1 Å². The molecule has 31 heavy (non-hydrogen) atoms. The van der Waals surface area contributed by atoms with Crippen molar-refractivity contribution in [1.29, 1.82) is 0 Å². The molecule has 1 aromatic heterocycles. The maximum atomic E-state index is 12.6. The van der Waals surface area contributed by atoms with E-state index in [1.807, 2.05) is 48.5 Å². The summed E-state index contributed by atoms with van der Waals surface area (Å²) in [6, 6.07) is 18.1. The maximum absolute atomic E-state index is 12.6. The molecule has 2 N–H and O–H groups in total. The first-order chi connectivity index (χ1) is 14.9. The van der Waals surface area contributed by atoms with Gasteiger partial charge in [0.1, 0.15) is 16.9 Å². The van der Waals surface area contributed by atoms with Crippen LogP contribution in [0.4, 0.5) is 4.79 Å². The van der Waals surface area contributed by atoms with Crippen molar-refractivity contribution in [2.75, 3.05) is 6.61 Å². The second-order valence-electron chi connectivity index (χ2n) is 7.13. The van der Waals surface area contributed by atoms with E-state index in [1.54, 1.807) is 0 Å². The topological polar surface area (TPSA) is 88.5 Å². The van der Waals surface area contributed by atoms with Crippen molar-refractivity contribution in [3.63, 3.8) is 0 Å². The van der Waals surface area contributed by atoms with Gasteiger partial charge in [-0.3, -0.25) is 4.79 Å². The summed E-state index contributed by atoms with van der Waals surface area (Å²) in [6.07, 6.45) is -1.12. The number of fused-ring (bicyclic) bond motifs is 3. The lowest BCUT2D eigenvalue weighted by molar-refractivity contribution is -0.137. The van der Waals surface area contributed by atoms with E-state index >= 15 is 0 Å². The zero-order valence-electron chi connectivity index (χ0n) is 16.2. The average Bonchev–Trinajstić information content (AvgIpc) is 3.05. The Morgan fingerprint density at radius 2 is 1.61 bits per heavy atom. The summed E-state index contributed by atoms with van der Waals surface area (Å²) in [7, 11) is 0. The smallest absolute Gasteiger partial charge is 0.407 e. The molecule has 0 spiro atoms. The number of aromatic nitrogens is 1. The van der Waals surface area contributed by atoms with Crippen molar-refractivity contribution in [2.45, 2.75) is 18.4 Å². The molecule has 0 unspecified atom stereocenters. The number of hydrogen-bond donors (Lipinski definition) is 2. The molecule has 0 radical (unpaired) electrons. The van der Waals surface area contributed by atoms with Crippen LogP contribution < -0.4 is 5.32 Å². The summed E-state index contributed by atoms with van der Waals surface area (Å²) in [5.74, 6) is -1.20. The normalized spacial score (nSPS) is 13.2. The van der Waals surface area contributed by atoms with E-state index in [9.17, 15) is 14.7 Å². The van der Waals surface area contributed by atoms with Crippen LogP contribution in [0.15, 0.2) is 60.7 Å². The minimum atomic E-state index is -1.10. The Bertz CT molecular complexity index is 1110. The van der Waals surface area contributed by atoms with Gasteiger partial charge >= 0.3 is 12.1 Å². The van der Waals surface area contributed by atoms with E-state index in [0.29, 0.717) is 5.56 Å². The first-order valence-corrected chi connectivity index (χ1v) is 10.3. The number of halogens is 2. The monoisotopic (exact) mass is 456 g/mol. The number of carbonyl (C=O) groups excluding carboxylic acids is 1. The van der Waals surface area contributed by atoms with Crippen molar-refractivity contribution in [3.05, 3.63) is 87.7 Å². The lowest BCUT2D eigenvalue weighted by Crippen LogP contribution is -2.32. The third kappa shape index (κ3) is 4.50. The van der Waals surface area contributed by atoms with Gasteiger partial charge in [-0.2, -0.15) is 0 Å². The number of aliphatic carboxylic acids is 1. The molecule has 6 nitrogen and oxygen atoms in total. The van der Waals surface area contributed by atoms with E-state index in [2.05, 4.69) is 10.3 Å². The number of pyridine rings is 1. The molecule has 1 amide bonds. The van der Waals surface area contributed by atoms with Gasteiger partial charge in [-0.05, 0) is 28.3 Å². The zero-order valence-corrected chi connectivity index (χ0v) is 17.7. The number of amides is 1. The SMILES string of the molecule is O=C(O)C[C@H](NC(=O)OCC1c2ccccc2-c2ccccc21)c1ccc(Cl)nc1Cl. The molecule has 0 fully saturated rings. The fraction of sp³-hybridized carbons (Fsp3) is 0.174. The van der Waals surface area contributed by atoms with E-state index in [1.165, 1.54) is 12.1 Å². The average molecular weight is 457 g/mol. The molecule has 1 aliphatic carbocycles. The van der Waals surface area contributed by atoms with Gasteiger partial charge in [-0.25, -0.2) is 9.78 Å². The first kappa shape index (κ1) is 21.2. The van der Waals surface area contributed by atoms with Crippen LogP contribution in [-0.2, 0) is 9.53 Å². The number of ether oxygens (including phenoxy) is 1.